The van der Waals surface area contributed by atoms with Crippen molar-refractivity contribution >= 4 is 23.5 Å². The lowest BCUT2D eigenvalue weighted by molar-refractivity contribution is -0.110. The van der Waals surface area contributed by atoms with E-state index in [1.54, 1.807) is 0 Å². The number of piperazine rings is 1. The van der Waals surface area contributed by atoms with Crippen molar-refractivity contribution in [3.05, 3.63) is 47.2 Å². The quantitative estimate of drug-likeness (QED) is 0.310. The number of allylic oxidation sites excluding steroid dienone is 1. The molecule has 0 aliphatic carbocycles. The molecule has 1 saturated heterocycles. The van der Waals surface area contributed by atoms with Crippen LogP contribution in [0.15, 0.2) is 41.6 Å². The molecule has 3 aliphatic heterocycles. The molecule has 3 aliphatic rings. The molecule has 1 aromatic carbocycles. The maximum Gasteiger partial charge on any atom is 0.256 e. The summed E-state index contributed by atoms with van der Waals surface area (Å²) in [5.41, 5.74) is 4.31. The van der Waals surface area contributed by atoms with E-state index in [4.69, 9.17) is 0 Å². The number of hydrogen-bond acceptors (Lipinski definition) is 6. The highest BCUT2D eigenvalue weighted by Gasteiger charge is 2.33. The summed E-state index contributed by atoms with van der Waals surface area (Å²) in [6, 6.07) is 7.68. The van der Waals surface area contributed by atoms with Crippen molar-refractivity contribution in [3.63, 3.8) is 0 Å². The number of carbonyl (C=O) groups excluding carboxylic acids is 2. The topological polar surface area (TPSA) is 76.7 Å². The van der Waals surface area contributed by atoms with E-state index in [9.17, 15) is 9.59 Å². The minimum atomic E-state index is -0.0737. The van der Waals surface area contributed by atoms with Gasteiger partial charge in [-0.25, -0.2) is 0 Å². The van der Waals surface area contributed by atoms with Crippen LogP contribution in [0.25, 0.3) is 5.57 Å². The third-order valence-electron chi connectivity index (χ3n) is 7.00. The third kappa shape index (κ3) is 6.34. The van der Waals surface area contributed by atoms with Crippen LogP contribution in [0.4, 0.5) is 5.69 Å². The lowest BCUT2D eigenvalue weighted by Gasteiger charge is -2.32. The van der Waals surface area contributed by atoms with E-state index in [-0.39, 0.29) is 17.9 Å². The first-order chi connectivity index (χ1) is 16.5. The van der Waals surface area contributed by atoms with Gasteiger partial charge in [0, 0.05) is 60.2 Å². The summed E-state index contributed by atoms with van der Waals surface area (Å²) in [5, 5.41) is 9.48. The van der Waals surface area contributed by atoms with Crippen molar-refractivity contribution < 1.29 is 9.59 Å². The van der Waals surface area contributed by atoms with Crippen LogP contribution in [0.1, 0.15) is 38.7 Å². The third-order valence-corrected chi connectivity index (χ3v) is 7.00. The van der Waals surface area contributed by atoms with Gasteiger partial charge in [0.2, 0.25) is 0 Å². The molecule has 3 heterocycles. The summed E-state index contributed by atoms with van der Waals surface area (Å²) >= 11 is 0. The van der Waals surface area contributed by atoms with Crippen molar-refractivity contribution in [2.75, 3.05) is 58.7 Å². The SMILES string of the molecule is CCC1=C(C=O)C(CC)C(/C=C2\C(=O)Nc3ccccc32)N1.CNCCCN1CCN(C)CC1. The van der Waals surface area contributed by atoms with Crippen LogP contribution in [0.3, 0.4) is 0 Å². The zero-order valence-corrected chi connectivity index (χ0v) is 21.2. The number of nitrogens with one attached hydrogen (secondary N) is 3. The zero-order valence-electron chi connectivity index (χ0n) is 21.2. The van der Waals surface area contributed by atoms with E-state index in [0.29, 0.717) is 5.57 Å². The van der Waals surface area contributed by atoms with E-state index < -0.39 is 0 Å². The van der Waals surface area contributed by atoms with Crippen molar-refractivity contribution in [3.8, 4) is 0 Å². The van der Waals surface area contributed by atoms with Gasteiger partial charge in [-0.05, 0) is 58.6 Å². The predicted octanol–water partition coefficient (Wildman–Crippen LogP) is 2.73. The predicted molar refractivity (Wildman–Crippen MR) is 140 cm³/mol. The van der Waals surface area contributed by atoms with Crippen molar-refractivity contribution in [1.82, 2.24) is 20.4 Å². The molecule has 2 atom stereocenters. The summed E-state index contributed by atoms with van der Waals surface area (Å²) in [7, 11) is 4.22. The summed E-state index contributed by atoms with van der Waals surface area (Å²) < 4.78 is 0. The van der Waals surface area contributed by atoms with Crippen LogP contribution in [-0.2, 0) is 9.59 Å². The van der Waals surface area contributed by atoms with Crippen LogP contribution in [-0.4, -0.2) is 81.4 Å². The Hall–Kier alpha value is -2.48. The normalized spacial score (nSPS) is 23.9. The molecular formula is C27H41N5O2. The molecule has 0 saturated carbocycles. The van der Waals surface area contributed by atoms with E-state index in [2.05, 4.69) is 39.7 Å². The van der Waals surface area contributed by atoms with E-state index >= 15 is 0 Å². The second-order valence-corrected chi connectivity index (χ2v) is 9.27. The van der Waals surface area contributed by atoms with Crippen LogP contribution in [0, 0.1) is 5.92 Å². The monoisotopic (exact) mass is 467 g/mol. The van der Waals surface area contributed by atoms with Gasteiger partial charge >= 0.3 is 0 Å². The first-order valence-electron chi connectivity index (χ1n) is 12.6. The summed E-state index contributed by atoms with van der Waals surface area (Å²) in [4.78, 5) is 28.6. The van der Waals surface area contributed by atoms with Gasteiger partial charge in [0.05, 0.1) is 6.04 Å². The Kier molecular flexibility index (Phi) is 9.86. The summed E-state index contributed by atoms with van der Waals surface area (Å²) in [6.07, 6.45) is 5.87. The smallest absolute Gasteiger partial charge is 0.256 e. The van der Waals surface area contributed by atoms with Crippen LogP contribution >= 0.6 is 0 Å². The van der Waals surface area contributed by atoms with Gasteiger partial charge in [-0.1, -0.05) is 32.0 Å². The second-order valence-electron chi connectivity index (χ2n) is 9.27. The standard InChI is InChI=1S/C18H20N2O2.C9H21N3/c1-3-11-14(10-21)15(4-2)19-17(11)9-13-12-7-5-6-8-16(12)20-18(13)22;1-10-4-3-5-12-8-6-11(2)7-9-12/h5-11,17,19H,3-4H2,1-2H3,(H,20,22);10H,3-9H2,1-2H3/b13-9-;. The fourth-order valence-electron chi connectivity index (χ4n) is 4.93. The number of hydrogen-bond donors (Lipinski definition) is 3. The fourth-order valence-corrected chi connectivity index (χ4v) is 4.93. The molecule has 4 rings (SSSR count). The molecule has 0 spiro atoms. The minimum Gasteiger partial charge on any atom is -0.381 e. The fraction of sp³-hybridized carbons (Fsp3) is 0.556. The Morgan fingerprint density at radius 3 is 2.53 bits per heavy atom. The molecule has 34 heavy (non-hydrogen) atoms. The Bertz CT molecular complexity index is 902. The van der Waals surface area contributed by atoms with Crippen molar-refractivity contribution in [1.29, 1.82) is 0 Å². The van der Waals surface area contributed by atoms with Gasteiger partial charge in [-0.15, -0.1) is 0 Å². The molecule has 3 N–H and O–H groups in total. The molecule has 7 nitrogen and oxygen atoms in total. The molecule has 7 heteroatoms. The number of para-hydroxylation sites is 1. The Morgan fingerprint density at radius 1 is 1.15 bits per heavy atom. The largest absolute Gasteiger partial charge is 0.381 e. The number of rotatable bonds is 8. The highest BCUT2D eigenvalue weighted by Crippen LogP contribution is 2.35. The summed E-state index contributed by atoms with van der Waals surface area (Å²) in [6.45, 7) is 11.5. The van der Waals surface area contributed by atoms with Gasteiger partial charge < -0.3 is 25.8 Å². The Labute approximate surface area is 204 Å². The van der Waals surface area contributed by atoms with E-state index in [0.717, 1.165) is 48.2 Å². The molecule has 2 unspecified atom stereocenters. The first-order valence-corrected chi connectivity index (χ1v) is 12.6. The Balaban J connectivity index is 0.000000229. The molecule has 0 aromatic heterocycles. The molecule has 0 bridgehead atoms. The summed E-state index contributed by atoms with van der Waals surface area (Å²) in [5.74, 6) is 0.0518. The minimum absolute atomic E-state index is 0.00736. The molecule has 0 radical (unpaired) electrons. The number of likely N-dealkylation sites (N-methyl/N-ethyl adjacent to an activating group) is 1. The van der Waals surface area contributed by atoms with Gasteiger partial charge in [-0.3, -0.25) is 9.59 Å². The molecule has 1 fully saturated rings. The van der Waals surface area contributed by atoms with Gasteiger partial charge in [0.15, 0.2) is 0 Å². The van der Waals surface area contributed by atoms with Crippen LogP contribution in [0.2, 0.25) is 0 Å². The first kappa shape index (κ1) is 26.1. The number of nitrogens with zero attached hydrogens (tertiary/aromatic N) is 2. The van der Waals surface area contributed by atoms with E-state index in [1.165, 1.54) is 39.1 Å². The number of carbonyl (C=O) groups is 2. The number of benzene rings is 1. The number of fused-ring (bicyclic) bond motifs is 1. The number of anilines is 1. The highest BCUT2D eigenvalue weighted by atomic mass is 16.2. The molecule has 1 amide bonds. The second kappa shape index (κ2) is 12.8. The van der Waals surface area contributed by atoms with Crippen molar-refractivity contribution in [2.45, 2.75) is 39.2 Å². The molecule has 186 valence electrons. The van der Waals surface area contributed by atoms with Crippen LogP contribution in [0.5, 0.6) is 0 Å². The average molecular weight is 468 g/mol. The number of aldehydes is 1. The van der Waals surface area contributed by atoms with E-state index in [1.807, 2.05) is 44.3 Å². The average Bonchev–Trinajstić information content (AvgIpc) is 3.37. The van der Waals surface area contributed by atoms with Gasteiger partial charge in [0.25, 0.3) is 5.91 Å². The van der Waals surface area contributed by atoms with Crippen LogP contribution < -0.4 is 16.0 Å². The number of amides is 1. The van der Waals surface area contributed by atoms with Gasteiger partial charge in [-0.2, -0.15) is 0 Å². The lowest BCUT2D eigenvalue weighted by Crippen LogP contribution is -2.45. The maximum absolute atomic E-state index is 12.2. The molecular weight excluding hydrogens is 426 g/mol. The molecule has 1 aromatic rings. The van der Waals surface area contributed by atoms with Crippen molar-refractivity contribution in [2.24, 2.45) is 5.92 Å². The highest BCUT2D eigenvalue weighted by molar-refractivity contribution is 6.31. The lowest BCUT2D eigenvalue weighted by atomic mass is 9.90. The Morgan fingerprint density at radius 2 is 1.88 bits per heavy atom. The van der Waals surface area contributed by atoms with Gasteiger partial charge in [0.1, 0.15) is 6.29 Å². The maximum atomic E-state index is 12.2. The zero-order chi connectivity index (χ0) is 24.5.